The lowest BCUT2D eigenvalue weighted by Crippen LogP contribution is -2.57. The predicted octanol–water partition coefficient (Wildman–Crippen LogP) is 4.44. The minimum Gasteiger partial charge on any atom is -0.481 e. The van der Waals surface area contributed by atoms with Gasteiger partial charge in [0.25, 0.3) is 0 Å². The Morgan fingerprint density at radius 1 is 1.11 bits per heavy atom. The Hall–Kier alpha value is -0.900. The maximum Gasteiger partial charge on any atom is 0.303 e. The fourth-order valence-electron chi connectivity index (χ4n) is 8.02. The van der Waals surface area contributed by atoms with Crippen LogP contribution in [0, 0.1) is 40.4 Å². The van der Waals surface area contributed by atoms with E-state index < -0.39 is 5.97 Å². The van der Waals surface area contributed by atoms with Gasteiger partial charge in [-0.2, -0.15) is 0 Å². The number of hydrogen-bond donors (Lipinski definition) is 2. The van der Waals surface area contributed by atoms with Crippen LogP contribution in [0.5, 0.6) is 0 Å². The van der Waals surface area contributed by atoms with E-state index >= 15 is 0 Å². The Labute approximate surface area is 163 Å². The van der Waals surface area contributed by atoms with E-state index in [1.54, 1.807) is 0 Å². The van der Waals surface area contributed by atoms with Crippen LogP contribution in [0.4, 0.5) is 0 Å². The van der Waals surface area contributed by atoms with Crippen LogP contribution in [-0.4, -0.2) is 28.1 Å². The molecule has 0 heterocycles. The van der Waals surface area contributed by atoms with E-state index in [1.807, 2.05) is 0 Å². The fraction of sp³-hybridized carbons (Fsp3) is 0.913. The van der Waals surface area contributed by atoms with Crippen molar-refractivity contribution in [3.63, 3.8) is 0 Å². The average Bonchev–Trinajstić information content (AvgIpc) is 2.95. The largest absolute Gasteiger partial charge is 0.481 e. The van der Waals surface area contributed by atoms with Crippen molar-refractivity contribution in [1.82, 2.24) is 0 Å². The van der Waals surface area contributed by atoms with Crippen LogP contribution in [0.1, 0.15) is 84.5 Å². The zero-order valence-corrected chi connectivity index (χ0v) is 17.0. The van der Waals surface area contributed by atoms with Gasteiger partial charge in [0, 0.05) is 18.3 Å². The molecule has 0 bridgehead atoms. The monoisotopic (exact) mass is 376 g/mol. The molecule has 0 aromatic rings. The van der Waals surface area contributed by atoms with Crippen molar-refractivity contribution in [2.75, 3.05) is 0 Å². The lowest BCUT2D eigenvalue weighted by Gasteiger charge is -2.60. The molecule has 0 aliphatic heterocycles. The quantitative estimate of drug-likeness (QED) is 0.761. The van der Waals surface area contributed by atoms with Gasteiger partial charge in [-0.3, -0.25) is 9.59 Å². The SMILES string of the molecule is C[C@]12CC[C@@H](O)C[C@H]1CC[C@@H]1[C@@H]2CC(=O)[C@]2(C)[C@@H](CCCC(=O)O)CC[C@@H]12. The number of aliphatic carboxylic acids is 1. The van der Waals surface area contributed by atoms with E-state index in [0.717, 1.165) is 44.9 Å². The van der Waals surface area contributed by atoms with E-state index in [9.17, 15) is 14.7 Å². The van der Waals surface area contributed by atoms with Crippen molar-refractivity contribution in [3.05, 3.63) is 0 Å². The zero-order chi connectivity index (χ0) is 19.4. The van der Waals surface area contributed by atoms with Gasteiger partial charge in [0.15, 0.2) is 0 Å². The van der Waals surface area contributed by atoms with E-state index in [0.29, 0.717) is 41.8 Å². The zero-order valence-electron chi connectivity index (χ0n) is 17.0. The molecule has 27 heavy (non-hydrogen) atoms. The Morgan fingerprint density at radius 3 is 2.63 bits per heavy atom. The number of fused-ring (bicyclic) bond motifs is 5. The Balaban J connectivity index is 1.54. The molecule has 0 amide bonds. The van der Waals surface area contributed by atoms with Gasteiger partial charge in [-0.25, -0.2) is 0 Å². The van der Waals surface area contributed by atoms with Crippen molar-refractivity contribution in [2.24, 2.45) is 40.4 Å². The van der Waals surface area contributed by atoms with E-state index in [1.165, 1.54) is 12.8 Å². The second kappa shape index (κ2) is 6.86. The smallest absolute Gasteiger partial charge is 0.303 e. The molecule has 0 aromatic heterocycles. The molecule has 0 aromatic carbocycles. The molecule has 2 N–H and O–H groups in total. The second-order valence-corrected chi connectivity index (χ2v) is 10.6. The molecule has 152 valence electrons. The Morgan fingerprint density at radius 2 is 1.89 bits per heavy atom. The summed E-state index contributed by atoms with van der Waals surface area (Å²) in [5, 5.41) is 19.1. The number of carboxylic acid groups (broad SMARTS) is 1. The molecule has 4 fully saturated rings. The van der Waals surface area contributed by atoms with Gasteiger partial charge in [-0.15, -0.1) is 0 Å². The van der Waals surface area contributed by atoms with Crippen LogP contribution in [0.25, 0.3) is 0 Å². The molecule has 0 radical (unpaired) electrons. The van der Waals surface area contributed by atoms with Crippen LogP contribution in [0.2, 0.25) is 0 Å². The van der Waals surface area contributed by atoms with Crippen LogP contribution >= 0.6 is 0 Å². The molecule has 4 aliphatic rings. The highest BCUT2D eigenvalue weighted by Crippen LogP contribution is 2.66. The Bertz CT molecular complexity index is 615. The molecule has 4 aliphatic carbocycles. The van der Waals surface area contributed by atoms with E-state index in [4.69, 9.17) is 5.11 Å². The van der Waals surface area contributed by atoms with Crippen molar-refractivity contribution >= 4 is 11.8 Å². The minimum absolute atomic E-state index is 0.144. The van der Waals surface area contributed by atoms with Gasteiger partial charge in [0.1, 0.15) is 5.78 Å². The first kappa shape index (κ1) is 19.4. The first-order valence-electron chi connectivity index (χ1n) is 11.2. The highest BCUT2D eigenvalue weighted by molar-refractivity contribution is 5.87. The highest BCUT2D eigenvalue weighted by atomic mass is 16.4. The average molecular weight is 377 g/mol. The number of carboxylic acids is 1. The first-order chi connectivity index (χ1) is 12.8. The first-order valence-corrected chi connectivity index (χ1v) is 11.2. The highest BCUT2D eigenvalue weighted by Gasteiger charge is 2.63. The molecular weight excluding hydrogens is 340 g/mol. The normalized spacial score (nSPS) is 49.2. The van der Waals surface area contributed by atoms with Gasteiger partial charge >= 0.3 is 5.97 Å². The number of aliphatic hydroxyl groups is 1. The van der Waals surface area contributed by atoms with Crippen LogP contribution in [0.3, 0.4) is 0 Å². The number of rotatable bonds is 4. The summed E-state index contributed by atoms with van der Waals surface area (Å²) in [4.78, 5) is 24.4. The third-order valence-corrected chi connectivity index (χ3v) is 9.63. The molecular formula is C23H36O4. The van der Waals surface area contributed by atoms with Crippen LogP contribution in [0.15, 0.2) is 0 Å². The summed E-state index contributed by atoms with van der Waals surface area (Å²) in [6.45, 7) is 4.63. The maximum absolute atomic E-state index is 13.5. The molecule has 8 atom stereocenters. The van der Waals surface area contributed by atoms with Crippen molar-refractivity contribution in [1.29, 1.82) is 0 Å². The van der Waals surface area contributed by atoms with Crippen molar-refractivity contribution < 1.29 is 19.8 Å². The third-order valence-electron chi connectivity index (χ3n) is 9.63. The van der Waals surface area contributed by atoms with Gasteiger partial charge in [-0.1, -0.05) is 13.8 Å². The summed E-state index contributed by atoms with van der Waals surface area (Å²) in [6, 6.07) is 0. The molecule has 4 rings (SSSR count). The van der Waals surface area contributed by atoms with E-state index in [2.05, 4.69) is 13.8 Å². The topological polar surface area (TPSA) is 74.6 Å². The summed E-state index contributed by atoms with van der Waals surface area (Å²) in [5.74, 6) is 2.31. The molecule has 0 spiro atoms. The standard InChI is InChI=1S/C23H36O4/c1-22-11-10-16(24)12-15(22)6-8-17-18-9-7-14(4-3-5-21(26)27)23(18,2)20(25)13-19(17)22/h14-19,24H,3-13H2,1-2H3,(H,26,27)/t14-,15+,16+,17-,18-,19-,22-,23+/m0/s1. The minimum atomic E-state index is -0.726. The van der Waals surface area contributed by atoms with Gasteiger partial charge in [-0.05, 0) is 92.8 Å². The fourth-order valence-corrected chi connectivity index (χ4v) is 8.02. The van der Waals surface area contributed by atoms with Crippen LogP contribution in [-0.2, 0) is 9.59 Å². The predicted molar refractivity (Wildman–Crippen MR) is 103 cm³/mol. The molecule has 4 nitrogen and oxygen atoms in total. The van der Waals surface area contributed by atoms with Gasteiger partial charge in [0.2, 0.25) is 0 Å². The van der Waals surface area contributed by atoms with Crippen LogP contribution < -0.4 is 0 Å². The van der Waals surface area contributed by atoms with Gasteiger partial charge < -0.3 is 10.2 Å². The number of aliphatic hydroxyl groups excluding tert-OH is 1. The number of carbonyl (C=O) groups excluding carboxylic acids is 1. The number of carbonyl (C=O) groups is 2. The second-order valence-electron chi connectivity index (χ2n) is 10.6. The van der Waals surface area contributed by atoms with Gasteiger partial charge in [0.05, 0.1) is 6.10 Å². The Kier molecular flexibility index (Phi) is 4.93. The summed E-state index contributed by atoms with van der Waals surface area (Å²) >= 11 is 0. The summed E-state index contributed by atoms with van der Waals surface area (Å²) in [6.07, 6.45) is 9.92. The maximum atomic E-state index is 13.5. The van der Waals surface area contributed by atoms with Crippen molar-refractivity contribution in [2.45, 2.75) is 90.6 Å². The van der Waals surface area contributed by atoms with Crippen molar-refractivity contribution in [3.8, 4) is 0 Å². The molecule has 4 saturated carbocycles. The lowest BCUT2D eigenvalue weighted by molar-refractivity contribution is -0.159. The summed E-state index contributed by atoms with van der Waals surface area (Å²) < 4.78 is 0. The molecule has 0 saturated heterocycles. The number of ketones is 1. The summed E-state index contributed by atoms with van der Waals surface area (Å²) in [5.41, 5.74) is -0.00240. The van der Waals surface area contributed by atoms with E-state index in [-0.39, 0.29) is 23.4 Å². The molecule has 0 unspecified atom stereocenters. The summed E-state index contributed by atoms with van der Waals surface area (Å²) in [7, 11) is 0. The number of hydrogen-bond acceptors (Lipinski definition) is 3. The molecule has 4 heteroatoms. The number of Topliss-reactive ketones (excluding diaryl/α,β-unsaturated/α-hetero) is 1. The lowest BCUT2D eigenvalue weighted by atomic mass is 9.44. The third kappa shape index (κ3) is 2.97.